The Morgan fingerprint density at radius 1 is 1.60 bits per heavy atom. The van der Waals surface area contributed by atoms with E-state index in [0.29, 0.717) is 5.13 Å². The highest BCUT2D eigenvalue weighted by Gasteiger charge is 2.23. The molecule has 1 N–H and O–H groups in total. The maximum atomic E-state index is 11.9. The number of hydrogen-bond donors (Lipinski definition) is 1. The van der Waals surface area contributed by atoms with Crippen LogP contribution in [-0.2, 0) is 4.79 Å². The first-order valence-electron chi connectivity index (χ1n) is 5.09. The molecule has 82 valence electrons. The maximum Gasteiger partial charge on any atom is 0.244 e. The highest BCUT2D eigenvalue weighted by molar-refractivity contribution is 7.09. The summed E-state index contributed by atoms with van der Waals surface area (Å²) in [6, 6.07) is -0.212. The zero-order chi connectivity index (χ0) is 10.7. The van der Waals surface area contributed by atoms with Crippen LogP contribution >= 0.6 is 11.5 Å². The summed E-state index contributed by atoms with van der Waals surface area (Å²) < 4.78 is 3.88. The van der Waals surface area contributed by atoms with Crippen LogP contribution in [0.25, 0.3) is 0 Å². The van der Waals surface area contributed by atoms with Gasteiger partial charge in [-0.05, 0) is 19.8 Å². The van der Waals surface area contributed by atoms with E-state index in [1.54, 1.807) is 0 Å². The third-order valence-electron chi connectivity index (χ3n) is 2.49. The lowest BCUT2D eigenvalue weighted by Gasteiger charge is -2.20. The molecule has 1 aliphatic heterocycles. The third kappa shape index (κ3) is 2.44. The highest BCUT2D eigenvalue weighted by Crippen LogP contribution is 2.13. The number of carbonyl (C=O) groups is 1. The van der Waals surface area contributed by atoms with Crippen LogP contribution in [0.5, 0.6) is 0 Å². The van der Waals surface area contributed by atoms with Gasteiger partial charge in [0.15, 0.2) is 0 Å². The summed E-state index contributed by atoms with van der Waals surface area (Å²) in [4.78, 5) is 17.8. The summed E-state index contributed by atoms with van der Waals surface area (Å²) >= 11 is 1.27. The van der Waals surface area contributed by atoms with Gasteiger partial charge in [-0.1, -0.05) is 0 Å². The van der Waals surface area contributed by atoms with Crippen LogP contribution in [0.1, 0.15) is 19.8 Å². The first-order chi connectivity index (χ1) is 7.27. The Hall–Kier alpha value is -1.17. The number of aromatic nitrogens is 2. The second-order valence-corrected chi connectivity index (χ2v) is 4.42. The fraction of sp³-hybridized carbons (Fsp3) is 0.667. The van der Waals surface area contributed by atoms with Gasteiger partial charge in [0.2, 0.25) is 11.0 Å². The number of nitrogens with one attached hydrogen (secondary N) is 1. The van der Waals surface area contributed by atoms with Gasteiger partial charge in [0.1, 0.15) is 12.4 Å². The Kier molecular flexibility index (Phi) is 3.15. The molecule has 2 rings (SSSR count). The minimum atomic E-state index is -0.212. The lowest BCUT2D eigenvalue weighted by Crippen LogP contribution is -2.39. The summed E-state index contributed by atoms with van der Waals surface area (Å²) in [5, 5.41) is 3.76. The second kappa shape index (κ2) is 4.57. The van der Waals surface area contributed by atoms with E-state index < -0.39 is 0 Å². The van der Waals surface area contributed by atoms with Gasteiger partial charge in [0.25, 0.3) is 0 Å². The topological polar surface area (TPSA) is 58.1 Å². The Labute approximate surface area is 92.7 Å². The van der Waals surface area contributed by atoms with Crippen molar-refractivity contribution in [2.24, 2.45) is 0 Å². The normalized spacial score (nSPS) is 17.8. The minimum absolute atomic E-state index is 0.155. The molecule has 1 unspecified atom stereocenters. The molecule has 0 radical (unpaired) electrons. The average Bonchev–Trinajstić information content (AvgIpc) is 2.88. The predicted molar refractivity (Wildman–Crippen MR) is 58.8 cm³/mol. The molecule has 15 heavy (non-hydrogen) atoms. The van der Waals surface area contributed by atoms with Gasteiger partial charge in [-0.15, -0.1) is 0 Å². The van der Waals surface area contributed by atoms with Crippen LogP contribution in [0.2, 0.25) is 0 Å². The first-order valence-corrected chi connectivity index (χ1v) is 5.86. The highest BCUT2D eigenvalue weighted by atomic mass is 32.1. The molecule has 0 aromatic carbocycles. The Morgan fingerprint density at radius 2 is 2.33 bits per heavy atom. The van der Waals surface area contributed by atoms with E-state index >= 15 is 0 Å². The van der Waals surface area contributed by atoms with Gasteiger partial charge in [0.05, 0.1) is 0 Å². The van der Waals surface area contributed by atoms with Crippen LogP contribution in [0.3, 0.4) is 0 Å². The van der Waals surface area contributed by atoms with Crippen LogP contribution < -0.4 is 5.32 Å². The summed E-state index contributed by atoms with van der Waals surface area (Å²) in [6.45, 7) is 3.64. The fourth-order valence-electron chi connectivity index (χ4n) is 1.70. The molecule has 0 bridgehead atoms. The SMILES string of the molecule is CC(Nc1ncns1)C(=O)N1CCCC1. The zero-order valence-corrected chi connectivity index (χ0v) is 9.46. The molecular weight excluding hydrogens is 212 g/mol. The van der Waals surface area contributed by atoms with E-state index in [4.69, 9.17) is 0 Å². The van der Waals surface area contributed by atoms with Crippen molar-refractivity contribution in [2.75, 3.05) is 18.4 Å². The van der Waals surface area contributed by atoms with Gasteiger partial charge >= 0.3 is 0 Å². The first kappa shape index (κ1) is 10.4. The maximum absolute atomic E-state index is 11.9. The molecular formula is C9H14N4OS. The summed E-state index contributed by atoms with van der Waals surface area (Å²) in [7, 11) is 0. The van der Waals surface area contributed by atoms with Crippen LogP contribution in [-0.4, -0.2) is 39.3 Å². The number of hydrogen-bond acceptors (Lipinski definition) is 5. The molecule has 5 nitrogen and oxygen atoms in total. The molecule has 1 saturated heterocycles. The van der Waals surface area contributed by atoms with Crippen molar-refractivity contribution in [3.05, 3.63) is 6.33 Å². The molecule has 0 spiro atoms. The van der Waals surface area contributed by atoms with Crippen molar-refractivity contribution in [1.82, 2.24) is 14.3 Å². The van der Waals surface area contributed by atoms with E-state index in [-0.39, 0.29) is 11.9 Å². The monoisotopic (exact) mass is 226 g/mol. The van der Waals surface area contributed by atoms with Crippen molar-refractivity contribution < 1.29 is 4.79 Å². The zero-order valence-electron chi connectivity index (χ0n) is 8.64. The van der Waals surface area contributed by atoms with Gasteiger partial charge < -0.3 is 10.2 Å². The largest absolute Gasteiger partial charge is 0.349 e. The number of amides is 1. The molecule has 0 saturated carbocycles. The number of rotatable bonds is 3. The van der Waals surface area contributed by atoms with Crippen molar-refractivity contribution >= 4 is 22.6 Å². The number of nitrogens with zero attached hydrogens (tertiary/aromatic N) is 3. The van der Waals surface area contributed by atoms with Crippen molar-refractivity contribution in [3.8, 4) is 0 Å². The molecule has 1 amide bonds. The predicted octanol–water partition coefficient (Wildman–Crippen LogP) is 0.961. The van der Waals surface area contributed by atoms with E-state index in [0.717, 1.165) is 25.9 Å². The van der Waals surface area contributed by atoms with Crippen molar-refractivity contribution in [2.45, 2.75) is 25.8 Å². The van der Waals surface area contributed by atoms with E-state index in [2.05, 4.69) is 14.7 Å². The van der Waals surface area contributed by atoms with Crippen LogP contribution in [0, 0.1) is 0 Å². The van der Waals surface area contributed by atoms with Crippen LogP contribution in [0.15, 0.2) is 6.33 Å². The molecule has 1 fully saturated rings. The Bertz CT molecular complexity index is 321. The Balaban J connectivity index is 1.89. The fourth-order valence-corrected chi connectivity index (χ4v) is 2.21. The van der Waals surface area contributed by atoms with E-state index in [1.807, 2.05) is 11.8 Å². The standard InChI is InChI=1S/C9H14N4OS/c1-7(12-9-10-6-11-15-9)8(14)13-4-2-3-5-13/h6-7H,2-5H2,1H3,(H,10,11,12). The van der Waals surface area contributed by atoms with E-state index in [9.17, 15) is 4.79 Å². The quantitative estimate of drug-likeness (QED) is 0.834. The molecule has 1 aromatic heterocycles. The van der Waals surface area contributed by atoms with Gasteiger partial charge in [0, 0.05) is 24.6 Å². The lowest BCUT2D eigenvalue weighted by molar-refractivity contribution is -0.130. The number of carbonyl (C=O) groups excluding carboxylic acids is 1. The number of likely N-dealkylation sites (tertiary alicyclic amines) is 1. The smallest absolute Gasteiger partial charge is 0.244 e. The van der Waals surface area contributed by atoms with Gasteiger partial charge in [-0.3, -0.25) is 4.79 Å². The summed E-state index contributed by atoms with van der Waals surface area (Å²) in [5.41, 5.74) is 0. The average molecular weight is 226 g/mol. The van der Waals surface area contributed by atoms with Gasteiger partial charge in [-0.25, -0.2) is 4.98 Å². The van der Waals surface area contributed by atoms with Gasteiger partial charge in [-0.2, -0.15) is 4.37 Å². The molecule has 1 atom stereocenters. The molecule has 6 heteroatoms. The van der Waals surface area contributed by atoms with Crippen LogP contribution in [0.4, 0.5) is 5.13 Å². The third-order valence-corrected chi connectivity index (χ3v) is 3.09. The lowest BCUT2D eigenvalue weighted by atomic mass is 10.3. The minimum Gasteiger partial charge on any atom is -0.349 e. The van der Waals surface area contributed by atoms with E-state index in [1.165, 1.54) is 17.9 Å². The summed E-state index contributed by atoms with van der Waals surface area (Å²) in [5.74, 6) is 0.155. The molecule has 1 aliphatic rings. The van der Waals surface area contributed by atoms with Crippen molar-refractivity contribution in [1.29, 1.82) is 0 Å². The Morgan fingerprint density at radius 3 is 2.93 bits per heavy atom. The molecule has 2 heterocycles. The molecule has 0 aliphatic carbocycles. The summed E-state index contributed by atoms with van der Waals surface area (Å²) in [6.07, 6.45) is 3.73. The van der Waals surface area contributed by atoms with Crippen molar-refractivity contribution in [3.63, 3.8) is 0 Å². The molecule has 1 aromatic rings. The number of anilines is 1. The second-order valence-electron chi connectivity index (χ2n) is 3.64.